The zero-order valence-electron chi connectivity index (χ0n) is 18.7. The third kappa shape index (κ3) is 6.65. The summed E-state index contributed by atoms with van der Waals surface area (Å²) < 4.78 is 10.7. The van der Waals surface area contributed by atoms with Gasteiger partial charge in [0.1, 0.15) is 5.75 Å². The van der Waals surface area contributed by atoms with Crippen LogP contribution in [0.15, 0.2) is 48.5 Å². The first-order valence-electron chi connectivity index (χ1n) is 11.1. The molecule has 3 rings (SSSR count). The van der Waals surface area contributed by atoms with E-state index >= 15 is 0 Å². The van der Waals surface area contributed by atoms with Gasteiger partial charge in [-0.3, -0.25) is 19.2 Å². The van der Waals surface area contributed by atoms with Crippen LogP contribution in [0.1, 0.15) is 58.9 Å². The summed E-state index contributed by atoms with van der Waals surface area (Å²) in [6.07, 6.45) is 2.76. The van der Waals surface area contributed by atoms with Crippen LogP contribution in [0, 0.1) is 0 Å². The predicted molar refractivity (Wildman–Crippen MR) is 121 cm³/mol. The Hall–Kier alpha value is -3.68. The van der Waals surface area contributed by atoms with E-state index in [1.54, 1.807) is 24.3 Å². The van der Waals surface area contributed by atoms with Crippen LogP contribution in [-0.4, -0.2) is 48.5 Å². The van der Waals surface area contributed by atoms with E-state index in [2.05, 4.69) is 12.2 Å². The van der Waals surface area contributed by atoms with Crippen molar-refractivity contribution in [2.24, 2.45) is 0 Å². The third-order valence-corrected chi connectivity index (χ3v) is 5.17. The van der Waals surface area contributed by atoms with Crippen molar-refractivity contribution in [3.8, 4) is 5.75 Å². The molecular formula is C25H28N2O6. The quantitative estimate of drug-likeness (QED) is 0.302. The van der Waals surface area contributed by atoms with Crippen molar-refractivity contribution in [1.29, 1.82) is 0 Å². The van der Waals surface area contributed by atoms with Gasteiger partial charge in [-0.25, -0.2) is 4.90 Å². The minimum Gasteiger partial charge on any atom is -0.494 e. The van der Waals surface area contributed by atoms with Crippen LogP contribution in [0.2, 0.25) is 0 Å². The molecule has 0 saturated heterocycles. The highest BCUT2D eigenvalue weighted by Gasteiger charge is 2.35. The van der Waals surface area contributed by atoms with Crippen molar-refractivity contribution < 1.29 is 28.7 Å². The minimum absolute atomic E-state index is 0.0627. The Labute approximate surface area is 192 Å². The molecule has 1 N–H and O–H groups in total. The summed E-state index contributed by atoms with van der Waals surface area (Å²) in [7, 11) is 0. The second kappa shape index (κ2) is 11.8. The first-order chi connectivity index (χ1) is 16.0. The highest BCUT2D eigenvalue weighted by molar-refractivity contribution is 6.21. The molecule has 0 atom stereocenters. The lowest BCUT2D eigenvalue weighted by atomic mass is 10.1. The summed E-state index contributed by atoms with van der Waals surface area (Å²) in [6.45, 7) is 2.68. The van der Waals surface area contributed by atoms with E-state index < -0.39 is 24.5 Å². The average molecular weight is 453 g/mol. The summed E-state index contributed by atoms with van der Waals surface area (Å²) in [4.78, 5) is 49.4. The molecule has 3 amide bonds. The number of carbonyl (C=O) groups is 4. The fourth-order valence-corrected chi connectivity index (χ4v) is 3.31. The first-order valence-corrected chi connectivity index (χ1v) is 11.1. The molecule has 0 spiro atoms. The van der Waals surface area contributed by atoms with Gasteiger partial charge in [-0.2, -0.15) is 0 Å². The number of nitrogens with one attached hydrogen (secondary N) is 1. The molecule has 1 aliphatic heterocycles. The second-order valence-electron chi connectivity index (χ2n) is 7.71. The molecule has 2 aromatic rings. The van der Waals surface area contributed by atoms with Crippen LogP contribution in [-0.2, 0) is 20.7 Å². The average Bonchev–Trinajstić information content (AvgIpc) is 3.06. The first kappa shape index (κ1) is 24.0. The maximum atomic E-state index is 12.2. The molecular weight excluding hydrogens is 424 g/mol. The molecule has 2 aromatic carbocycles. The predicted octanol–water partition coefficient (Wildman–Crippen LogP) is 3.10. The van der Waals surface area contributed by atoms with Gasteiger partial charge in [0.2, 0.25) is 5.91 Å². The van der Waals surface area contributed by atoms with Gasteiger partial charge in [0.15, 0.2) is 6.73 Å². The SMILES string of the molecule is CCCCOc1ccc(CC(=O)NCCCC(=O)OCN2C(=O)c3ccccc3C2=O)cc1. The van der Waals surface area contributed by atoms with E-state index in [1.807, 2.05) is 24.3 Å². The minimum atomic E-state index is -0.542. The summed E-state index contributed by atoms with van der Waals surface area (Å²) in [6, 6.07) is 13.9. The number of ether oxygens (including phenoxy) is 2. The maximum Gasteiger partial charge on any atom is 0.307 e. The number of nitrogens with zero attached hydrogens (tertiary/aromatic N) is 1. The van der Waals surface area contributed by atoms with Gasteiger partial charge in [-0.05, 0) is 42.7 Å². The molecule has 174 valence electrons. The van der Waals surface area contributed by atoms with Gasteiger partial charge in [0.25, 0.3) is 11.8 Å². The normalized spacial score (nSPS) is 12.5. The van der Waals surface area contributed by atoms with Crippen LogP contribution >= 0.6 is 0 Å². The fourth-order valence-electron chi connectivity index (χ4n) is 3.31. The highest BCUT2D eigenvalue weighted by atomic mass is 16.5. The molecule has 8 nitrogen and oxygen atoms in total. The zero-order chi connectivity index (χ0) is 23.6. The Morgan fingerprint density at radius 1 is 0.939 bits per heavy atom. The van der Waals surface area contributed by atoms with Crippen LogP contribution < -0.4 is 10.1 Å². The van der Waals surface area contributed by atoms with Gasteiger partial charge < -0.3 is 14.8 Å². The number of imide groups is 1. The van der Waals surface area contributed by atoms with Gasteiger partial charge in [0.05, 0.1) is 24.2 Å². The van der Waals surface area contributed by atoms with Crippen molar-refractivity contribution in [3.05, 3.63) is 65.2 Å². The molecule has 8 heteroatoms. The molecule has 0 aromatic heterocycles. The topological polar surface area (TPSA) is 102 Å². The molecule has 0 bridgehead atoms. The number of benzene rings is 2. The van der Waals surface area contributed by atoms with E-state index in [1.165, 1.54) is 0 Å². The van der Waals surface area contributed by atoms with Crippen LogP contribution in [0.4, 0.5) is 0 Å². The lowest BCUT2D eigenvalue weighted by molar-refractivity contribution is -0.146. The van der Waals surface area contributed by atoms with Gasteiger partial charge >= 0.3 is 5.97 Å². The number of hydrogen-bond acceptors (Lipinski definition) is 6. The van der Waals surface area contributed by atoms with Crippen molar-refractivity contribution in [2.45, 2.75) is 39.0 Å². The van der Waals surface area contributed by atoms with Crippen LogP contribution in [0.5, 0.6) is 5.75 Å². The summed E-state index contributed by atoms with van der Waals surface area (Å²) in [5, 5.41) is 2.77. The van der Waals surface area contributed by atoms with E-state index in [9.17, 15) is 19.2 Å². The summed E-state index contributed by atoms with van der Waals surface area (Å²) >= 11 is 0. The Balaban J connectivity index is 1.31. The Morgan fingerprint density at radius 3 is 2.24 bits per heavy atom. The lowest BCUT2D eigenvalue weighted by Gasteiger charge is -2.14. The molecule has 1 heterocycles. The van der Waals surface area contributed by atoms with E-state index in [4.69, 9.17) is 9.47 Å². The van der Waals surface area contributed by atoms with Crippen molar-refractivity contribution in [2.75, 3.05) is 19.9 Å². The van der Waals surface area contributed by atoms with E-state index in [0.717, 1.165) is 29.1 Å². The van der Waals surface area contributed by atoms with Gasteiger partial charge in [0, 0.05) is 13.0 Å². The molecule has 33 heavy (non-hydrogen) atoms. The third-order valence-electron chi connectivity index (χ3n) is 5.17. The number of rotatable bonds is 12. The molecule has 0 fully saturated rings. The fraction of sp³-hybridized carbons (Fsp3) is 0.360. The Kier molecular flexibility index (Phi) is 8.57. The van der Waals surface area contributed by atoms with Crippen LogP contribution in [0.25, 0.3) is 0 Å². The van der Waals surface area contributed by atoms with Gasteiger partial charge in [-0.1, -0.05) is 37.6 Å². The smallest absolute Gasteiger partial charge is 0.307 e. The molecule has 0 radical (unpaired) electrons. The van der Waals surface area contributed by atoms with Crippen LogP contribution in [0.3, 0.4) is 0 Å². The summed E-state index contributed by atoms with van der Waals surface area (Å²) in [5.74, 6) is -0.853. The molecule has 1 aliphatic rings. The number of amides is 3. The maximum absolute atomic E-state index is 12.2. The number of carbonyl (C=O) groups excluding carboxylic acids is 4. The Morgan fingerprint density at radius 2 is 1.61 bits per heavy atom. The standard InChI is InChI=1S/C25H28N2O6/c1-2-3-15-32-19-12-10-18(11-13-19)16-22(28)26-14-6-9-23(29)33-17-27-24(30)20-7-4-5-8-21(20)25(27)31/h4-5,7-8,10-13H,2-3,6,9,14-17H2,1H3,(H,26,28). The van der Waals surface area contributed by atoms with E-state index in [0.29, 0.717) is 30.7 Å². The number of unbranched alkanes of at least 4 members (excludes halogenated alkanes) is 1. The van der Waals surface area contributed by atoms with Crippen molar-refractivity contribution in [3.63, 3.8) is 0 Å². The second-order valence-corrected chi connectivity index (χ2v) is 7.71. The molecule has 0 aliphatic carbocycles. The lowest BCUT2D eigenvalue weighted by Crippen LogP contribution is -2.33. The van der Waals surface area contributed by atoms with Crippen molar-refractivity contribution in [1.82, 2.24) is 10.2 Å². The monoisotopic (exact) mass is 452 g/mol. The van der Waals surface area contributed by atoms with E-state index in [-0.39, 0.29) is 18.7 Å². The Bertz CT molecular complexity index is 967. The number of esters is 1. The number of hydrogen-bond donors (Lipinski definition) is 1. The van der Waals surface area contributed by atoms with Crippen molar-refractivity contribution >= 4 is 23.7 Å². The zero-order valence-corrected chi connectivity index (χ0v) is 18.7. The summed E-state index contributed by atoms with van der Waals surface area (Å²) in [5.41, 5.74) is 1.48. The molecule has 0 unspecified atom stereocenters. The number of fused-ring (bicyclic) bond motifs is 1. The highest BCUT2D eigenvalue weighted by Crippen LogP contribution is 2.22. The van der Waals surface area contributed by atoms with Gasteiger partial charge in [-0.15, -0.1) is 0 Å². The largest absolute Gasteiger partial charge is 0.494 e. The molecule has 0 saturated carbocycles.